The molecule has 0 bridgehead atoms. The molecule has 2 aromatic heterocycles. The Labute approximate surface area is 186 Å². The van der Waals surface area contributed by atoms with Crippen LogP contribution in [0.15, 0.2) is 53.5 Å². The van der Waals surface area contributed by atoms with Gasteiger partial charge in [-0.15, -0.1) is 0 Å². The van der Waals surface area contributed by atoms with Crippen LogP contribution in [0.4, 0.5) is 11.5 Å². The molecule has 0 unspecified atom stereocenters. The SMILES string of the molecule is Cc1ccc(NC(=O)CN(C)CCC(=O)Nc2c(C)n(C)n(-c3ccccc3)c2=O)nc1. The van der Waals surface area contributed by atoms with Gasteiger partial charge >= 0.3 is 0 Å². The fraction of sp³-hybridized carbons (Fsp3) is 0.304. The number of hydrogen-bond donors (Lipinski definition) is 2. The number of nitrogens with zero attached hydrogens (tertiary/aromatic N) is 4. The number of carbonyl (C=O) groups excluding carboxylic acids is 2. The molecule has 0 aliphatic heterocycles. The number of nitrogens with one attached hydrogen (secondary N) is 2. The van der Waals surface area contributed by atoms with E-state index in [1.165, 1.54) is 4.68 Å². The van der Waals surface area contributed by atoms with Gasteiger partial charge < -0.3 is 10.6 Å². The van der Waals surface area contributed by atoms with E-state index in [4.69, 9.17) is 0 Å². The van der Waals surface area contributed by atoms with E-state index < -0.39 is 0 Å². The quantitative estimate of drug-likeness (QED) is 0.563. The summed E-state index contributed by atoms with van der Waals surface area (Å²) in [5.74, 6) is -0.0154. The highest BCUT2D eigenvalue weighted by Gasteiger charge is 2.18. The van der Waals surface area contributed by atoms with E-state index in [0.717, 1.165) is 11.3 Å². The molecule has 0 spiro atoms. The highest BCUT2D eigenvalue weighted by molar-refractivity contribution is 5.92. The van der Waals surface area contributed by atoms with Gasteiger partial charge in [-0.1, -0.05) is 24.3 Å². The van der Waals surface area contributed by atoms with Gasteiger partial charge in [0.05, 0.1) is 17.9 Å². The predicted molar refractivity (Wildman–Crippen MR) is 124 cm³/mol. The first-order chi connectivity index (χ1) is 15.3. The lowest BCUT2D eigenvalue weighted by molar-refractivity contribution is -0.119. The summed E-state index contributed by atoms with van der Waals surface area (Å²) in [7, 11) is 3.53. The summed E-state index contributed by atoms with van der Waals surface area (Å²) < 4.78 is 3.23. The minimum absolute atomic E-state index is 0.119. The van der Waals surface area contributed by atoms with E-state index in [1.807, 2.05) is 43.3 Å². The van der Waals surface area contributed by atoms with Crippen LogP contribution in [0.5, 0.6) is 0 Å². The molecule has 2 N–H and O–H groups in total. The molecular weight excluding hydrogens is 408 g/mol. The number of carbonyl (C=O) groups is 2. The number of para-hydroxylation sites is 1. The fourth-order valence-corrected chi connectivity index (χ4v) is 3.25. The average molecular weight is 437 g/mol. The highest BCUT2D eigenvalue weighted by atomic mass is 16.2. The van der Waals surface area contributed by atoms with Crippen molar-refractivity contribution in [3.63, 3.8) is 0 Å². The maximum atomic E-state index is 12.9. The van der Waals surface area contributed by atoms with Crippen molar-refractivity contribution in [2.75, 3.05) is 30.8 Å². The molecule has 9 heteroatoms. The van der Waals surface area contributed by atoms with Gasteiger partial charge in [0.25, 0.3) is 5.56 Å². The van der Waals surface area contributed by atoms with Gasteiger partial charge in [0.2, 0.25) is 11.8 Å². The maximum absolute atomic E-state index is 12.9. The van der Waals surface area contributed by atoms with Gasteiger partial charge in [0.15, 0.2) is 0 Å². The summed E-state index contributed by atoms with van der Waals surface area (Å²) in [6, 6.07) is 12.9. The Hall–Kier alpha value is -3.72. The molecule has 9 nitrogen and oxygen atoms in total. The van der Waals surface area contributed by atoms with E-state index in [1.54, 1.807) is 42.9 Å². The molecule has 0 radical (unpaired) electrons. The van der Waals surface area contributed by atoms with Crippen LogP contribution in [0.3, 0.4) is 0 Å². The van der Waals surface area contributed by atoms with E-state index in [2.05, 4.69) is 15.6 Å². The predicted octanol–water partition coefficient (Wildman–Crippen LogP) is 2.09. The van der Waals surface area contributed by atoms with Crippen LogP contribution in [0.25, 0.3) is 5.69 Å². The van der Waals surface area contributed by atoms with Crippen LogP contribution >= 0.6 is 0 Å². The Morgan fingerprint density at radius 2 is 1.75 bits per heavy atom. The molecule has 3 rings (SSSR count). The molecule has 2 heterocycles. The first-order valence-corrected chi connectivity index (χ1v) is 10.3. The van der Waals surface area contributed by atoms with Crippen molar-refractivity contribution < 1.29 is 9.59 Å². The normalized spacial score (nSPS) is 10.9. The number of rotatable bonds is 8. The minimum Gasteiger partial charge on any atom is -0.320 e. The standard InChI is InChI=1S/C23H28N6O3/c1-16-10-11-19(24-14-16)25-21(31)15-27(3)13-12-20(30)26-22-17(2)28(4)29(23(22)32)18-8-6-5-7-9-18/h5-11,14H,12-13,15H2,1-4H3,(H,26,30)(H,24,25,31). The Bertz CT molecular complexity index is 1150. The van der Waals surface area contributed by atoms with Crippen LogP contribution in [-0.4, -0.2) is 51.2 Å². The number of aromatic nitrogens is 3. The molecule has 0 atom stereocenters. The van der Waals surface area contributed by atoms with Crippen molar-refractivity contribution >= 4 is 23.3 Å². The molecule has 3 aromatic rings. The summed E-state index contributed by atoms with van der Waals surface area (Å²) in [6.07, 6.45) is 1.83. The zero-order valence-electron chi connectivity index (χ0n) is 18.8. The molecule has 0 fully saturated rings. The maximum Gasteiger partial charge on any atom is 0.295 e. The second-order valence-electron chi connectivity index (χ2n) is 7.74. The molecule has 0 aliphatic rings. The number of aryl methyl sites for hydroxylation is 1. The monoisotopic (exact) mass is 436 g/mol. The molecule has 0 aliphatic carbocycles. The van der Waals surface area contributed by atoms with Crippen LogP contribution in [0.1, 0.15) is 17.7 Å². The van der Waals surface area contributed by atoms with Gasteiger partial charge in [0, 0.05) is 26.2 Å². The van der Waals surface area contributed by atoms with Crippen molar-refractivity contribution in [3.05, 3.63) is 70.3 Å². The first-order valence-electron chi connectivity index (χ1n) is 10.3. The largest absolute Gasteiger partial charge is 0.320 e. The lowest BCUT2D eigenvalue weighted by atomic mass is 10.3. The summed E-state index contributed by atoms with van der Waals surface area (Å²) >= 11 is 0. The average Bonchev–Trinajstić information content (AvgIpc) is 2.97. The van der Waals surface area contributed by atoms with Gasteiger partial charge in [-0.05, 0) is 44.7 Å². The van der Waals surface area contributed by atoms with Crippen molar-refractivity contribution in [1.29, 1.82) is 0 Å². The number of pyridine rings is 1. The lowest BCUT2D eigenvalue weighted by Crippen LogP contribution is -2.33. The Balaban J connectivity index is 1.55. The number of benzene rings is 1. The van der Waals surface area contributed by atoms with Gasteiger partial charge in [0.1, 0.15) is 11.5 Å². The Kier molecular flexibility index (Phi) is 7.21. The van der Waals surface area contributed by atoms with Crippen LogP contribution < -0.4 is 16.2 Å². The van der Waals surface area contributed by atoms with Crippen LogP contribution in [0.2, 0.25) is 0 Å². The highest BCUT2D eigenvalue weighted by Crippen LogP contribution is 2.14. The van der Waals surface area contributed by atoms with Gasteiger partial charge in [-0.2, -0.15) is 0 Å². The topological polar surface area (TPSA) is 101 Å². The molecule has 0 saturated carbocycles. The zero-order chi connectivity index (χ0) is 23.3. The number of likely N-dealkylation sites (N-methyl/N-ethyl adjacent to an activating group) is 1. The van der Waals surface area contributed by atoms with Gasteiger partial charge in [-0.25, -0.2) is 9.67 Å². The molecular formula is C23H28N6O3. The van der Waals surface area contributed by atoms with Crippen molar-refractivity contribution in [2.24, 2.45) is 7.05 Å². The lowest BCUT2D eigenvalue weighted by Gasteiger charge is -2.15. The van der Waals surface area contributed by atoms with Gasteiger partial charge in [-0.3, -0.25) is 24.0 Å². The van der Waals surface area contributed by atoms with Crippen LogP contribution in [-0.2, 0) is 16.6 Å². The zero-order valence-corrected chi connectivity index (χ0v) is 18.8. The molecule has 2 amide bonds. The summed E-state index contributed by atoms with van der Waals surface area (Å²) in [6.45, 7) is 4.19. The van der Waals surface area contributed by atoms with Crippen molar-refractivity contribution in [1.82, 2.24) is 19.2 Å². The second kappa shape index (κ2) is 10.1. The third-order valence-electron chi connectivity index (χ3n) is 5.13. The molecule has 0 saturated heterocycles. The van der Waals surface area contributed by atoms with E-state index in [-0.39, 0.29) is 36.0 Å². The molecule has 168 valence electrons. The second-order valence-corrected chi connectivity index (χ2v) is 7.74. The summed E-state index contributed by atoms with van der Waals surface area (Å²) in [5.41, 5.74) is 2.35. The van der Waals surface area contributed by atoms with Crippen molar-refractivity contribution in [3.8, 4) is 5.69 Å². The number of amides is 2. The number of anilines is 2. The third-order valence-corrected chi connectivity index (χ3v) is 5.13. The van der Waals surface area contributed by atoms with E-state index in [9.17, 15) is 14.4 Å². The summed E-state index contributed by atoms with van der Waals surface area (Å²) in [5, 5.41) is 5.46. The Morgan fingerprint density at radius 3 is 2.41 bits per heavy atom. The fourth-order valence-electron chi connectivity index (χ4n) is 3.25. The Morgan fingerprint density at radius 1 is 1.03 bits per heavy atom. The van der Waals surface area contributed by atoms with Crippen molar-refractivity contribution in [2.45, 2.75) is 20.3 Å². The van der Waals surface area contributed by atoms with E-state index in [0.29, 0.717) is 18.1 Å². The minimum atomic E-state index is -0.289. The van der Waals surface area contributed by atoms with Crippen LogP contribution in [0, 0.1) is 13.8 Å². The molecule has 1 aromatic carbocycles. The number of hydrogen-bond acceptors (Lipinski definition) is 5. The smallest absolute Gasteiger partial charge is 0.295 e. The summed E-state index contributed by atoms with van der Waals surface area (Å²) in [4.78, 5) is 43.4. The van der Waals surface area contributed by atoms with E-state index >= 15 is 0 Å². The molecule has 32 heavy (non-hydrogen) atoms. The third kappa shape index (κ3) is 5.50. The first kappa shape index (κ1) is 23.0.